The Labute approximate surface area is 119 Å². The SMILES string of the molecule is CC1NNCC1C(=O)Nc1ccc(I)cc1Cl. The van der Waals surface area contributed by atoms with Crippen LogP contribution in [0.1, 0.15) is 6.92 Å². The average molecular weight is 366 g/mol. The topological polar surface area (TPSA) is 53.2 Å². The van der Waals surface area contributed by atoms with Gasteiger partial charge in [-0.2, -0.15) is 0 Å². The Morgan fingerprint density at radius 3 is 2.94 bits per heavy atom. The summed E-state index contributed by atoms with van der Waals surface area (Å²) in [5.74, 6) is -0.0940. The normalized spacial score (nSPS) is 23.7. The smallest absolute Gasteiger partial charge is 0.230 e. The zero-order valence-corrected chi connectivity index (χ0v) is 12.2. The first-order valence-electron chi connectivity index (χ1n) is 5.32. The van der Waals surface area contributed by atoms with Crippen LogP contribution >= 0.6 is 34.2 Å². The molecule has 2 atom stereocenters. The number of anilines is 1. The van der Waals surface area contributed by atoms with Gasteiger partial charge in [0.2, 0.25) is 5.91 Å². The molecule has 1 aromatic rings. The Kier molecular flexibility index (Phi) is 4.24. The van der Waals surface area contributed by atoms with E-state index in [2.05, 4.69) is 38.8 Å². The van der Waals surface area contributed by atoms with Gasteiger partial charge >= 0.3 is 0 Å². The lowest BCUT2D eigenvalue weighted by atomic mass is 10.0. The molecule has 2 rings (SSSR count). The van der Waals surface area contributed by atoms with Gasteiger partial charge < -0.3 is 5.32 Å². The number of hydrogen-bond donors (Lipinski definition) is 3. The Morgan fingerprint density at radius 1 is 1.59 bits per heavy atom. The fourth-order valence-corrected chi connectivity index (χ4v) is 2.65. The lowest BCUT2D eigenvalue weighted by Gasteiger charge is -2.14. The summed E-state index contributed by atoms with van der Waals surface area (Å²) in [4.78, 5) is 12.0. The number of rotatable bonds is 2. The van der Waals surface area contributed by atoms with Crippen LogP contribution in [0.2, 0.25) is 5.02 Å². The van der Waals surface area contributed by atoms with Gasteiger partial charge in [-0.05, 0) is 47.7 Å². The molecule has 1 heterocycles. The number of hydrogen-bond acceptors (Lipinski definition) is 3. The van der Waals surface area contributed by atoms with Crippen molar-refractivity contribution in [3.05, 3.63) is 26.8 Å². The molecule has 0 spiro atoms. The van der Waals surface area contributed by atoms with E-state index in [9.17, 15) is 4.79 Å². The number of nitrogens with one attached hydrogen (secondary N) is 3. The van der Waals surface area contributed by atoms with Crippen molar-refractivity contribution in [2.24, 2.45) is 5.92 Å². The highest BCUT2D eigenvalue weighted by Crippen LogP contribution is 2.24. The Bertz CT molecular complexity index is 441. The number of carbonyl (C=O) groups excluding carboxylic acids is 1. The van der Waals surface area contributed by atoms with Crippen LogP contribution in [0, 0.1) is 9.49 Å². The van der Waals surface area contributed by atoms with Crippen molar-refractivity contribution >= 4 is 45.8 Å². The van der Waals surface area contributed by atoms with Crippen LogP contribution < -0.4 is 16.2 Å². The number of amides is 1. The van der Waals surface area contributed by atoms with Crippen molar-refractivity contribution in [3.8, 4) is 0 Å². The fourth-order valence-electron chi connectivity index (χ4n) is 1.74. The second-order valence-corrected chi connectivity index (χ2v) is 5.69. The maximum atomic E-state index is 12.0. The van der Waals surface area contributed by atoms with Crippen LogP contribution in [0.3, 0.4) is 0 Å². The lowest BCUT2D eigenvalue weighted by molar-refractivity contribution is -0.119. The van der Waals surface area contributed by atoms with Gasteiger partial charge in [-0.3, -0.25) is 15.6 Å². The first-order chi connectivity index (χ1) is 8.08. The number of carbonyl (C=O) groups is 1. The third kappa shape index (κ3) is 3.09. The van der Waals surface area contributed by atoms with Crippen molar-refractivity contribution in [3.63, 3.8) is 0 Å². The molecule has 0 bridgehead atoms. The van der Waals surface area contributed by atoms with E-state index < -0.39 is 0 Å². The maximum Gasteiger partial charge on any atom is 0.230 e. The third-order valence-corrected chi connectivity index (χ3v) is 3.76. The third-order valence-electron chi connectivity index (χ3n) is 2.78. The summed E-state index contributed by atoms with van der Waals surface area (Å²) in [7, 11) is 0. The molecule has 0 radical (unpaired) electrons. The van der Waals surface area contributed by atoms with Gasteiger partial charge in [-0.15, -0.1) is 0 Å². The highest BCUT2D eigenvalue weighted by atomic mass is 127. The maximum absolute atomic E-state index is 12.0. The predicted molar refractivity (Wildman–Crippen MR) is 76.9 cm³/mol. The van der Waals surface area contributed by atoms with Gasteiger partial charge in [0.25, 0.3) is 0 Å². The van der Waals surface area contributed by atoms with Crippen molar-refractivity contribution in [2.75, 3.05) is 11.9 Å². The first-order valence-corrected chi connectivity index (χ1v) is 6.78. The summed E-state index contributed by atoms with van der Waals surface area (Å²) in [6.45, 7) is 2.61. The number of halogens is 2. The molecular weight excluding hydrogens is 352 g/mol. The van der Waals surface area contributed by atoms with E-state index >= 15 is 0 Å². The molecule has 0 saturated carbocycles. The minimum atomic E-state index is -0.0784. The lowest BCUT2D eigenvalue weighted by Crippen LogP contribution is -2.33. The summed E-state index contributed by atoms with van der Waals surface area (Å²) in [6.07, 6.45) is 0. The van der Waals surface area contributed by atoms with Crippen molar-refractivity contribution in [2.45, 2.75) is 13.0 Å². The minimum absolute atomic E-state index is 0.0156. The standard InChI is InChI=1S/C11H13ClIN3O/c1-6-8(5-14-16-6)11(17)15-10-3-2-7(13)4-9(10)12/h2-4,6,8,14,16H,5H2,1H3,(H,15,17). The van der Waals surface area contributed by atoms with Gasteiger partial charge in [0, 0.05) is 16.2 Å². The van der Waals surface area contributed by atoms with Crippen molar-refractivity contribution in [1.29, 1.82) is 0 Å². The zero-order chi connectivity index (χ0) is 12.4. The van der Waals surface area contributed by atoms with E-state index in [1.54, 1.807) is 0 Å². The molecular formula is C11H13ClIN3O. The van der Waals surface area contributed by atoms with Crippen LogP contribution in [0.5, 0.6) is 0 Å². The van der Waals surface area contributed by atoms with E-state index in [-0.39, 0.29) is 17.9 Å². The summed E-state index contributed by atoms with van der Waals surface area (Å²) in [5, 5.41) is 3.42. The Morgan fingerprint density at radius 2 is 2.35 bits per heavy atom. The van der Waals surface area contributed by atoms with E-state index in [4.69, 9.17) is 11.6 Å². The molecule has 0 aromatic heterocycles. The highest BCUT2D eigenvalue weighted by molar-refractivity contribution is 14.1. The number of benzene rings is 1. The van der Waals surface area contributed by atoms with E-state index in [0.717, 1.165) is 3.57 Å². The minimum Gasteiger partial charge on any atom is -0.324 e. The zero-order valence-electron chi connectivity index (χ0n) is 9.26. The van der Waals surface area contributed by atoms with Gasteiger partial charge in [0.05, 0.1) is 16.6 Å². The second kappa shape index (κ2) is 5.51. The molecule has 1 aliphatic heterocycles. The first kappa shape index (κ1) is 13.1. The van der Waals surface area contributed by atoms with Crippen LogP contribution in [-0.4, -0.2) is 18.5 Å². The largest absolute Gasteiger partial charge is 0.324 e. The molecule has 4 nitrogen and oxygen atoms in total. The van der Waals surface area contributed by atoms with E-state index in [1.807, 2.05) is 25.1 Å². The average Bonchev–Trinajstić information content (AvgIpc) is 2.68. The predicted octanol–water partition coefficient (Wildman–Crippen LogP) is 2.00. The summed E-state index contributed by atoms with van der Waals surface area (Å²) < 4.78 is 1.04. The highest BCUT2D eigenvalue weighted by Gasteiger charge is 2.29. The molecule has 1 aromatic carbocycles. The molecule has 6 heteroatoms. The molecule has 2 unspecified atom stereocenters. The summed E-state index contributed by atoms with van der Waals surface area (Å²) in [5.41, 5.74) is 6.65. The molecule has 3 N–H and O–H groups in total. The van der Waals surface area contributed by atoms with Gasteiger partial charge in [-0.25, -0.2) is 0 Å². The number of hydrazine groups is 1. The van der Waals surface area contributed by atoms with Crippen LogP contribution in [0.4, 0.5) is 5.69 Å². The van der Waals surface area contributed by atoms with Crippen LogP contribution in [0.25, 0.3) is 0 Å². The molecule has 1 fully saturated rings. The van der Waals surface area contributed by atoms with Crippen molar-refractivity contribution < 1.29 is 4.79 Å². The molecule has 1 saturated heterocycles. The molecule has 92 valence electrons. The summed E-state index contributed by atoms with van der Waals surface area (Å²) >= 11 is 8.25. The monoisotopic (exact) mass is 365 g/mol. The van der Waals surface area contributed by atoms with Crippen LogP contribution in [0.15, 0.2) is 18.2 Å². The van der Waals surface area contributed by atoms with Crippen molar-refractivity contribution in [1.82, 2.24) is 10.9 Å². The molecule has 1 aliphatic rings. The second-order valence-electron chi connectivity index (χ2n) is 4.03. The van der Waals surface area contributed by atoms with Gasteiger partial charge in [0.15, 0.2) is 0 Å². The molecule has 1 amide bonds. The van der Waals surface area contributed by atoms with E-state index in [1.165, 1.54) is 0 Å². The van der Waals surface area contributed by atoms with Crippen LogP contribution in [-0.2, 0) is 4.79 Å². The molecule has 0 aliphatic carbocycles. The Hall–Kier alpha value is -0.370. The Balaban J connectivity index is 2.07. The fraction of sp³-hybridized carbons (Fsp3) is 0.364. The molecule has 17 heavy (non-hydrogen) atoms. The summed E-state index contributed by atoms with van der Waals surface area (Å²) in [6, 6.07) is 5.68. The van der Waals surface area contributed by atoms with Gasteiger partial charge in [0.1, 0.15) is 0 Å². The van der Waals surface area contributed by atoms with E-state index in [0.29, 0.717) is 17.3 Å². The van der Waals surface area contributed by atoms with Gasteiger partial charge in [-0.1, -0.05) is 11.6 Å². The quantitative estimate of drug-likeness (QED) is 0.703.